The summed E-state index contributed by atoms with van der Waals surface area (Å²) in [4.78, 5) is 22.6. The molecule has 0 unspecified atom stereocenters. The van der Waals surface area contributed by atoms with Crippen molar-refractivity contribution in [2.45, 2.75) is 31.7 Å². The van der Waals surface area contributed by atoms with E-state index in [2.05, 4.69) is 5.32 Å². The van der Waals surface area contributed by atoms with E-state index in [0.29, 0.717) is 19.3 Å². The van der Waals surface area contributed by atoms with E-state index in [1.807, 2.05) is 0 Å². The minimum Gasteiger partial charge on any atom is -0.481 e. The number of hydrogen-bond donors (Lipinski definition) is 2. The quantitative estimate of drug-likeness (QED) is 0.886. The molecule has 108 valence electrons. The summed E-state index contributed by atoms with van der Waals surface area (Å²) in [6.45, 7) is 0. The SMILES string of the molecule is O=C(Cc1cccc(F)c1F)N[C@H]1CC[C@@H](C(=O)O)C1. The lowest BCUT2D eigenvalue weighted by Gasteiger charge is -2.12. The summed E-state index contributed by atoms with van der Waals surface area (Å²) < 4.78 is 26.4. The lowest BCUT2D eigenvalue weighted by Crippen LogP contribution is -2.34. The fraction of sp³-hybridized carbons (Fsp3) is 0.429. The topological polar surface area (TPSA) is 66.4 Å². The predicted molar refractivity (Wildman–Crippen MR) is 67.0 cm³/mol. The molecule has 2 rings (SSSR count). The molecule has 0 radical (unpaired) electrons. The summed E-state index contributed by atoms with van der Waals surface area (Å²) in [5.74, 6) is -3.73. The molecule has 2 N–H and O–H groups in total. The number of hydrogen-bond acceptors (Lipinski definition) is 2. The van der Waals surface area contributed by atoms with E-state index in [1.165, 1.54) is 12.1 Å². The highest BCUT2D eigenvalue weighted by molar-refractivity contribution is 5.79. The van der Waals surface area contributed by atoms with Crippen molar-refractivity contribution in [2.24, 2.45) is 5.92 Å². The van der Waals surface area contributed by atoms with E-state index in [4.69, 9.17) is 5.11 Å². The second-order valence-corrected chi connectivity index (χ2v) is 5.00. The normalized spacial score (nSPS) is 21.7. The first kappa shape index (κ1) is 14.4. The highest BCUT2D eigenvalue weighted by Crippen LogP contribution is 2.25. The third-order valence-electron chi connectivity index (χ3n) is 3.53. The number of nitrogens with one attached hydrogen (secondary N) is 1. The van der Waals surface area contributed by atoms with Crippen LogP contribution in [0.4, 0.5) is 8.78 Å². The molecule has 1 amide bonds. The molecule has 0 aliphatic heterocycles. The third-order valence-corrected chi connectivity index (χ3v) is 3.53. The monoisotopic (exact) mass is 283 g/mol. The number of amides is 1. The van der Waals surface area contributed by atoms with Crippen molar-refractivity contribution in [2.75, 3.05) is 0 Å². The van der Waals surface area contributed by atoms with Crippen molar-refractivity contribution in [1.29, 1.82) is 0 Å². The van der Waals surface area contributed by atoms with Gasteiger partial charge in [-0.2, -0.15) is 0 Å². The Hall–Kier alpha value is -1.98. The molecular formula is C14H15F2NO3. The molecule has 1 aliphatic carbocycles. The number of halogens is 2. The van der Waals surface area contributed by atoms with Crippen molar-refractivity contribution < 1.29 is 23.5 Å². The van der Waals surface area contributed by atoms with Crippen molar-refractivity contribution in [3.63, 3.8) is 0 Å². The van der Waals surface area contributed by atoms with E-state index in [0.717, 1.165) is 6.07 Å². The van der Waals surface area contributed by atoms with Gasteiger partial charge in [0.25, 0.3) is 0 Å². The number of benzene rings is 1. The molecule has 1 saturated carbocycles. The summed E-state index contributed by atoms with van der Waals surface area (Å²) in [5.41, 5.74) is -0.00437. The highest BCUT2D eigenvalue weighted by atomic mass is 19.2. The van der Waals surface area contributed by atoms with Gasteiger partial charge >= 0.3 is 5.97 Å². The van der Waals surface area contributed by atoms with Crippen LogP contribution < -0.4 is 5.32 Å². The lowest BCUT2D eigenvalue weighted by atomic mass is 10.1. The fourth-order valence-electron chi connectivity index (χ4n) is 2.47. The Balaban J connectivity index is 1.90. The Morgan fingerprint density at radius 3 is 2.70 bits per heavy atom. The van der Waals surface area contributed by atoms with E-state index >= 15 is 0 Å². The lowest BCUT2D eigenvalue weighted by molar-refractivity contribution is -0.141. The van der Waals surface area contributed by atoms with Crippen molar-refractivity contribution in [3.05, 3.63) is 35.4 Å². The van der Waals surface area contributed by atoms with Crippen LogP contribution in [-0.4, -0.2) is 23.0 Å². The number of carboxylic acid groups (broad SMARTS) is 1. The Labute approximate surface area is 114 Å². The molecule has 2 atom stereocenters. The number of aliphatic carboxylic acids is 1. The Bertz CT molecular complexity index is 533. The van der Waals surface area contributed by atoms with Crippen LogP contribution in [0.5, 0.6) is 0 Å². The van der Waals surface area contributed by atoms with Gasteiger partial charge in [-0.25, -0.2) is 8.78 Å². The van der Waals surface area contributed by atoms with Gasteiger partial charge in [0.05, 0.1) is 12.3 Å². The second kappa shape index (κ2) is 5.98. The van der Waals surface area contributed by atoms with Gasteiger partial charge in [-0.05, 0) is 25.3 Å². The van der Waals surface area contributed by atoms with Gasteiger partial charge in [-0.15, -0.1) is 0 Å². The first-order valence-corrected chi connectivity index (χ1v) is 6.42. The fourth-order valence-corrected chi connectivity index (χ4v) is 2.47. The minimum atomic E-state index is -1.02. The van der Waals surface area contributed by atoms with Crippen molar-refractivity contribution in [1.82, 2.24) is 5.32 Å². The van der Waals surface area contributed by atoms with Crippen LogP contribution in [-0.2, 0) is 16.0 Å². The van der Waals surface area contributed by atoms with Crippen LogP contribution in [0.25, 0.3) is 0 Å². The summed E-state index contributed by atoms with van der Waals surface area (Å²) in [5, 5.41) is 11.5. The summed E-state index contributed by atoms with van der Waals surface area (Å²) in [7, 11) is 0. The van der Waals surface area contributed by atoms with Crippen LogP contribution in [0, 0.1) is 17.6 Å². The summed E-state index contributed by atoms with van der Waals surface area (Å²) in [6, 6.07) is 3.48. The van der Waals surface area contributed by atoms with Crippen LogP contribution in [0.15, 0.2) is 18.2 Å². The van der Waals surface area contributed by atoms with Gasteiger partial charge in [0.1, 0.15) is 0 Å². The van der Waals surface area contributed by atoms with Crippen LogP contribution in [0.3, 0.4) is 0 Å². The van der Waals surface area contributed by atoms with Gasteiger partial charge in [0.15, 0.2) is 11.6 Å². The van der Waals surface area contributed by atoms with Crippen LogP contribution in [0.1, 0.15) is 24.8 Å². The number of rotatable bonds is 4. The second-order valence-electron chi connectivity index (χ2n) is 5.00. The molecule has 0 spiro atoms. The maximum absolute atomic E-state index is 13.4. The third kappa shape index (κ3) is 3.31. The average molecular weight is 283 g/mol. The largest absolute Gasteiger partial charge is 0.481 e. The predicted octanol–water partition coefficient (Wildman–Crippen LogP) is 1.88. The van der Waals surface area contributed by atoms with E-state index in [1.54, 1.807) is 0 Å². The van der Waals surface area contributed by atoms with Gasteiger partial charge in [-0.1, -0.05) is 12.1 Å². The molecule has 6 heteroatoms. The zero-order valence-electron chi connectivity index (χ0n) is 10.7. The van der Waals surface area contributed by atoms with Gasteiger partial charge < -0.3 is 10.4 Å². The van der Waals surface area contributed by atoms with Gasteiger partial charge in [0, 0.05) is 11.6 Å². The zero-order chi connectivity index (χ0) is 14.7. The molecule has 0 saturated heterocycles. The number of carbonyl (C=O) groups is 2. The van der Waals surface area contributed by atoms with Gasteiger partial charge in [0.2, 0.25) is 5.91 Å². The average Bonchev–Trinajstić information content (AvgIpc) is 2.83. The highest BCUT2D eigenvalue weighted by Gasteiger charge is 2.30. The first-order chi connectivity index (χ1) is 9.47. The maximum atomic E-state index is 13.4. The van der Waals surface area contributed by atoms with E-state index in [9.17, 15) is 18.4 Å². The molecule has 1 aromatic carbocycles. The minimum absolute atomic E-state index is 0.00437. The number of carboxylic acids is 1. The van der Waals surface area contributed by atoms with Crippen LogP contribution in [0.2, 0.25) is 0 Å². The molecule has 1 aliphatic rings. The smallest absolute Gasteiger partial charge is 0.306 e. The van der Waals surface area contributed by atoms with Crippen LogP contribution >= 0.6 is 0 Å². The van der Waals surface area contributed by atoms with Crippen molar-refractivity contribution in [3.8, 4) is 0 Å². The molecule has 20 heavy (non-hydrogen) atoms. The molecular weight excluding hydrogens is 268 g/mol. The Morgan fingerprint density at radius 2 is 2.05 bits per heavy atom. The standard InChI is InChI=1S/C14H15F2NO3/c15-11-3-1-2-8(13(11)16)7-12(18)17-10-5-4-9(6-10)14(19)20/h1-3,9-10H,4-7H2,(H,17,18)(H,19,20)/t9-,10+/m1/s1. The molecule has 4 nitrogen and oxygen atoms in total. The first-order valence-electron chi connectivity index (χ1n) is 6.42. The van der Waals surface area contributed by atoms with Crippen molar-refractivity contribution >= 4 is 11.9 Å². The van der Waals surface area contributed by atoms with Gasteiger partial charge in [-0.3, -0.25) is 9.59 Å². The maximum Gasteiger partial charge on any atom is 0.306 e. The molecule has 1 fully saturated rings. The van der Waals surface area contributed by atoms with E-state index < -0.39 is 29.4 Å². The molecule has 1 aromatic rings. The molecule has 0 aromatic heterocycles. The summed E-state index contributed by atoms with van der Waals surface area (Å²) in [6.07, 6.45) is 1.24. The van der Waals surface area contributed by atoms with E-state index in [-0.39, 0.29) is 18.0 Å². The zero-order valence-corrected chi connectivity index (χ0v) is 10.7. The number of carbonyl (C=O) groups excluding carboxylic acids is 1. The summed E-state index contributed by atoms with van der Waals surface area (Å²) >= 11 is 0. The molecule has 0 heterocycles. The molecule has 0 bridgehead atoms. The Morgan fingerprint density at radius 1 is 1.30 bits per heavy atom. The Kier molecular flexibility index (Phi) is 4.32.